The van der Waals surface area contributed by atoms with E-state index in [1.54, 1.807) is 0 Å². The topological polar surface area (TPSA) is 66.4 Å². The van der Waals surface area contributed by atoms with Gasteiger partial charge in [0.1, 0.15) is 5.75 Å². The number of thioether (sulfide) groups is 1. The average molecular weight is 290 g/mol. The molecule has 2 rings (SSSR count). The summed E-state index contributed by atoms with van der Waals surface area (Å²) in [4.78, 5) is 22.4. The summed E-state index contributed by atoms with van der Waals surface area (Å²) in [5, 5.41) is 11.7. The van der Waals surface area contributed by atoms with Crippen LogP contribution in [0.1, 0.15) is 5.56 Å². The summed E-state index contributed by atoms with van der Waals surface area (Å²) in [5.74, 6) is -0.688. The fourth-order valence-corrected chi connectivity index (χ4v) is 2.44. The molecule has 0 atom stereocenters. The van der Waals surface area contributed by atoms with Crippen LogP contribution in [0, 0.1) is 0 Å². The average Bonchev–Trinajstić information content (AvgIpc) is 2.53. The van der Waals surface area contributed by atoms with E-state index in [0.29, 0.717) is 5.02 Å². The van der Waals surface area contributed by atoms with Crippen LogP contribution in [-0.4, -0.2) is 16.3 Å². The maximum Gasteiger partial charge on any atom is 0.290 e. The van der Waals surface area contributed by atoms with E-state index in [2.05, 4.69) is 5.32 Å². The van der Waals surface area contributed by atoms with Gasteiger partial charge in [0.15, 0.2) is 0 Å². The number of amides is 2. The summed E-state index contributed by atoms with van der Waals surface area (Å²) in [6.45, 7) is 0. The Labute approximate surface area is 111 Å². The van der Waals surface area contributed by atoms with E-state index in [4.69, 9.17) is 23.2 Å². The molecule has 1 aromatic rings. The van der Waals surface area contributed by atoms with Gasteiger partial charge >= 0.3 is 0 Å². The molecule has 1 fully saturated rings. The van der Waals surface area contributed by atoms with Crippen LogP contribution >= 0.6 is 35.0 Å². The van der Waals surface area contributed by atoms with E-state index in [0.717, 1.165) is 11.8 Å². The van der Waals surface area contributed by atoms with E-state index in [1.165, 1.54) is 18.2 Å². The van der Waals surface area contributed by atoms with E-state index in [-0.39, 0.29) is 21.2 Å². The molecule has 1 heterocycles. The first kappa shape index (κ1) is 12.3. The Kier molecular flexibility index (Phi) is 3.33. The van der Waals surface area contributed by atoms with Crippen molar-refractivity contribution in [3.63, 3.8) is 0 Å². The molecule has 0 aromatic heterocycles. The molecular weight excluding hydrogens is 285 g/mol. The normalized spacial score (nSPS) is 17.6. The lowest BCUT2D eigenvalue weighted by Gasteiger charge is -2.03. The van der Waals surface area contributed by atoms with Gasteiger partial charge in [0.2, 0.25) is 0 Å². The molecule has 1 saturated heterocycles. The Hall–Kier alpha value is -1.17. The van der Waals surface area contributed by atoms with Gasteiger partial charge in [-0.15, -0.1) is 0 Å². The van der Waals surface area contributed by atoms with Gasteiger partial charge in [-0.3, -0.25) is 14.9 Å². The zero-order valence-corrected chi connectivity index (χ0v) is 10.5. The second kappa shape index (κ2) is 4.60. The second-order valence-electron chi connectivity index (χ2n) is 3.18. The van der Waals surface area contributed by atoms with Crippen molar-refractivity contribution in [3.05, 3.63) is 32.6 Å². The molecule has 0 bridgehead atoms. The van der Waals surface area contributed by atoms with E-state index in [9.17, 15) is 14.7 Å². The highest BCUT2D eigenvalue weighted by Crippen LogP contribution is 2.34. The maximum atomic E-state index is 11.3. The van der Waals surface area contributed by atoms with Crippen molar-refractivity contribution in [1.82, 2.24) is 5.32 Å². The third-order valence-corrected chi connectivity index (χ3v) is 3.30. The number of nitrogens with one attached hydrogen (secondary N) is 1. The van der Waals surface area contributed by atoms with Gasteiger partial charge in [-0.05, 0) is 30.0 Å². The number of aromatic hydroxyl groups is 1. The van der Waals surface area contributed by atoms with Crippen molar-refractivity contribution < 1.29 is 14.7 Å². The van der Waals surface area contributed by atoms with E-state index >= 15 is 0 Å². The summed E-state index contributed by atoms with van der Waals surface area (Å²) in [6, 6.07) is 2.83. The molecule has 0 saturated carbocycles. The molecule has 2 N–H and O–H groups in total. The highest BCUT2D eigenvalue weighted by molar-refractivity contribution is 8.18. The smallest absolute Gasteiger partial charge is 0.290 e. The van der Waals surface area contributed by atoms with Crippen LogP contribution in [0.3, 0.4) is 0 Å². The van der Waals surface area contributed by atoms with Crippen molar-refractivity contribution in [3.8, 4) is 5.75 Å². The highest BCUT2D eigenvalue weighted by atomic mass is 35.5. The summed E-state index contributed by atoms with van der Waals surface area (Å²) in [5.41, 5.74) is 0.287. The molecule has 0 spiro atoms. The van der Waals surface area contributed by atoms with Crippen molar-refractivity contribution in [1.29, 1.82) is 0 Å². The number of benzene rings is 1. The molecule has 2 amide bonds. The van der Waals surface area contributed by atoms with Crippen LogP contribution in [-0.2, 0) is 4.79 Å². The lowest BCUT2D eigenvalue weighted by Crippen LogP contribution is -2.17. The van der Waals surface area contributed by atoms with Gasteiger partial charge in [-0.1, -0.05) is 23.2 Å². The second-order valence-corrected chi connectivity index (χ2v) is 5.04. The van der Waals surface area contributed by atoms with Crippen molar-refractivity contribution >= 4 is 52.2 Å². The molecule has 1 aliphatic rings. The van der Waals surface area contributed by atoms with Crippen molar-refractivity contribution in [2.24, 2.45) is 0 Å². The number of halogens is 2. The molecular formula is C10H5Cl2NO3S. The van der Waals surface area contributed by atoms with Crippen molar-refractivity contribution in [2.45, 2.75) is 0 Å². The zero-order chi connectivity index (χ0) is 12.6. The van der Waals surface area contributed by atoms with Gasteiger partial charge in [0, 0.05) is 10.6 Å². The fourth-order valence-electron chi connectivity index (χ4n) is 1.26. The van der Waals surface area contributed by atoms with Gasteiger partial charge in [-0.25, -0.2) is 0 Å². The molecule has 0 unspecified atom stereocenters. The monoisotopic (exact) mass is 289 g/mol. The Morgan fingerprint density at radius 1 is 1.29 bits per heavy atom. The van der Waals surface area contributed by atoms with Gasteiger partial charge in [-0.2, -0.15) is 0 Å². The first-order valence-corrected chi connectivity index (χ1v) is 5.97. The number of hydrogen-bond donors (Lipinski definition) is 2. The minimum Gasteiger partial charge on any atom is -0.506 e. The third-order valence-electron chi connectivity index (χ3n) is 1.99. The Bertz CT molecular complexity index is 557. The van der Waals surface area contributed by atoms with Crippen LogP contribution in [0.4, 0.5) is 4.79 Å². The number of carbonyl (C=O) groups is 2. The zero-order valence-electron chi connectivity index (χ0n) is 8.16. The number of phenols is 1. The lowest BCUT2D eigenvalue weighted by atomic mass is 10.2. The summed E-state index contributed by atoms with van der Waals surface area (Å²) < 4.78 is 0. The number of imide groups is 1. The lowest BCUT2D eigenvalue weighted by molar-refractivity contribution is -0.115. The molecule has 4 nitrogen and oxygen atoms in total. The largest absolute Gasteiger partial charge is 0.506 e. The predicted molar refractivity (Wildman–Crippen MR) is 67.2 cm³/mol. The molecule has 0 radical (unpaired) electrons. The number of phenolic OH excluding ortho intramolecular Hbond substituents is 1. The van der Waals surface area contributed by atoms with Crippen LogP contribution in [0.5, 0.6) is 5.75 Å². The molecule has 1 aromatic carbocycles. The van der Waals surface area contributed by atoms with Gasteiger partial charge < -0.3 is 5.11 Å². The van der Waals surface area contributed by atoms with E-state index < -0.39 is 11.1 Å². The molecule has 7 heteroatoms. The minimum absolute atomic E-state index is 0.0825. The van der Waals surface area contributed by atoms with Crippen molar-refractivity contribution in [2.75, 3.05) is 0 Å². The van der Waals surface area contributed by atoms with Crippen LogP contribution in [0.15, 0.2) is 17.0 Å². The summed E-state index contributed by atoms with van der Waals surface area (Å²) >= 11 is 12.3. The number of rotatable bonds is 1. The first-order chi connectivity index (χ1) is 7.97. The number of carbonyl (C=O) groups excluding carboxylic acids is 2. The Morgan fingerprint density at radius 3 is 2.59 bits per heavy atom. The molecule has 0 aliphatic carbocycles. The van der Waals surface area contributed by atoms with Gasteiger partial charge in [0.25, 0.3) is 11.1 Å². The Morgan fingerprint density at radius 2 is 2.00 bits per heavy atom. The number of hydrogen-bond acceptors (Lipinski definition) is 4. The SMILES string of the molecule is O=C1NC(=O)/C(=C/c2cc(Cl)cc(Cl)c2O)S1. The highest BCUT2D eigenvalue weighted by Gasteiger charge is 2.25. The molecule has 17 heavy (non-hydrogen) atoms. The van der Waals surface area contributed by atoms with E-state index in [1.807, 2.05) is 0 Å². The maximum absolute atomic E-state index is 11.3. The first-order valence-electron chi connectivity index (χ1n) is 4.40. The summed E-state index contributed by atoms with van der Waals surface area (Å²) in [7, 11) is 0. The standard InChI is InChI=1S/C10H5Cl2NO3S/c11-5-1-4(8(14)6(12)3-5)2-7-9(15)13-10(16)17-7/h1-3,14H,(H,13,15,16)/b7-2-. The fraction of sp³-hybridized carbons (Fsp3) is 0. The van der Waals surface area contributed by atoms with Crippen LogP contribution in [0.25, 0.3) is 6.08 Å². The molecule has 88 valence electrons. The van der Waals surface area contributed by atoms with Crippen LogP contribution in [0.2, 0.25) is 10.0 Å². The molecule has 1 aliphatic heterocycles. The van der Waals surface area contributed by atoms with Gasteiger partial charge in [0.05, 0.1) is 9.93 Å². The third kappa shape index (κ3) is 2.57. The minimum atomic E-state index is -0.504. The quantitative estimate of drug-likeness (QED) is 0.780. The predicted octanol–water partition coefficient (Wildman–Crippen LogP) is 3.02. The Balaban J connectivity index is 2.46. The van der Waals surface area contributed by atoms with Crippen LogP contribution < -0.4 is 5.32 Å². The summed E-state index contributed by atoms with van der Waals surface area (Å²) in [6.07, 6.45) is 1.36.